The lowest BCUT2D eigenvalue weighted by Gasteiger charge is -2.24. The number of carbonyl (C=O) groups excluding carboxylic acids is 1. The van der Waals surface area contributed by atoms with Crippen molar-refractivity contribution in [3.63, 3.8) is 0 Å². The molecule has 2 aromatic rings. The number of benzene rings is 1. The Labute approximate surface area is 149 Å². The average Bonchev–Trinajstić information content (AvgIpc) is 3.09. The minimum atomic E-state index is 0.771. The van der Waals surface area contributed by atoms with Gasteiger partial charge in [0.1, 0.15) is 0 Å². The first kappa shape index (κ1) is 18.5. The summed E-state index contributed by atoms with van der Waals surface area (Å²) >= 11 is 1.52. The Bertz CT molecular complexity index is 634. The predicted octanol–water partition coefficient (Wildman–Crippen LogP) is 6.14. The first-order valence-electron chi connectivity index (χ1n) is 8.85. The molecule has 24 heavy (non-hydrogen) atoms. The summed E-state index contributed by atoms with van der Waals surface area (Å²) in [5.41, 5.74) is 2.50. The number of carbonyl (C=O) groups is 1. The molecule has 0 spiro atoms. The van der Waals surface area contributed by atoms with Gasteiger partial charge in [-0.1, -0.05) is 44.9 Å². The van der Waals surface area contributed by atoms with Gasteiger partial charge in [-0.05, 0) is 48.7 Å². The van der Waals surface area contributed by atoms with Gasteiger partial charge < -0.3 is 4.90 Å². The minimum absolute atomic E-state index is 0.771. The lowest BCUT2D eigenvalue weighted by atomic mass is 10.1. The van der Waals surface area contributed by atoms with E-state index in [9.17, 15) is 4.79 Å². The zero-order chi connectivity index (χ0) is 17.2. The van der Waals surface area contributed by atoms with E-state index in [-0.39, 0.29) is 0 Å². The topological polar surface area (TPSA) is 20.3 Å². The van der Waals surface area contributed by atoms with Gasteiger partial charge in [0, 0.05) is 23.7 Å². The molecule has 0 N–H and O–H groups in total. The second-order valence-corrected chi connectivity index (χ2v) is 7.12. The van der Waals surface area contributed by atoms with Crippen molar-refractivity contribution in [2.75, 3.05) is 18.0 Å². The van der Waals surface area contributed by atoms with E-state index < -0.39 is 0 Å². The maximum absolute atomic E-state index is 10.7. The van der Waals surface area contributed by atoms with Gasteiger partial charge in [0.2, 0.25) is 0 Å². The molecule has 0 aliphatic carbocycles. The first-order valence-corrected chi connectivity index (χ1v) is 9.66. The summed E-state index contributed by atoms with van der Waals surface area (Å²) in [6.07, 6.45) is 10.0. The van der Waals surface area contributed by atoms with E-state index in [1.165, 1.54) is 48.3 Å². The van der Waals surface area contributed by atoms with Crippen molar-refractivity contribution in [1.82, 2.24) is 0 Å². The van der Waals surface area contributed by atoms with Crippen molar-refractivity contribution in [2.45, 2.75) is 39.5 Å². The Morgan fingerprint density at radius 1 is 0.875 bits per heavy atom. The standard InChI is InChI=1S/C21H27NOS/c1-3-5-15-22(16-6-4-2)19-10-7-18(8-11-19)9-12-20-13-14-21(17-23)24-20/h7-14,17H,3-6,15-16H2,1-2H3/b12-9+. The predicted molar refractivity (Wildman–Crippen MR) is 107 cm³/mol. The summed E-state index contributed by atoms with van der Waals surface area (Å²) in [6, 6.07) is 12.6. The maximum atomic E-state index is 10.7. The molecule has 1 aromatic heterocycles. The monoisotopic (exact) mass is 341 g/mol. The lowest BCUT2D eigenvalue weighted by molar-refractivity contribution is 0.112. The quantitative estimate of drug-likeness (QED) is 0.484. The highest BCUT2D eigenvalue weighted by molar-refractivity contribution is 7.14. The number of unbranched alkanes of at least 4 members (excludes halogenated alkanes) is 2. The zero-order valence-electron chi connectivity index (χ0n) is 14.7. The molecule has 0 amide bonds. The van der Waals surface area contributed by atoms with Gasteiger partial charge >= 0.3 is 0 Å². The third-order valence-corrected chi connectivity index (χ3v) is 5.00. The van der Waals surface area contributed by atoms with Crippen LogP contribution in [0.1, 0.15) is 59.6 Å². The summed E-state index contributed by atoms with van der Waals surface area (Å²) in [6.45, 7) is 6.75. The van der Waals surface area contributed by atoms with Crippen LogP contribution in [-0.4, -0.2) is 19.4 Å². The van der Waals surface area contributed by atoms with Crippen molar-refractivity contribution in [3.8, 4) is 0 Å². The van der Waals surface area contributed by atoms with Crippen LogP contribution in [0.25, 0.3) is 12.2 Å². The summed E-state index contributed by atoms with van der Waals surface area (Å²) in [5.74, 6) is 0. The van der Waals surface area contributed by atoms with Gasteiger partial charge in [0.25, 0.3) is 0 Å². The third-order valence-electron chi connectivity index (χ3n) is 4.03. The summed E-state index contributed by atoms with van der Waals surface area (Å²) in [5, 5.41) is 0. The van der Waals surface area contributed by atoms with Gasteiger partial charge in [0.05, 0.1) is 4.88 Å². The highest BCUT2D eigenvalue weighted by Crippen LogP contribution is 2.20. The largest absolute Gasteiger partial charge is 0.372 e. The molecule has 0 radical (unpaired) electrons. The van der Waals surface area contributed by atoms with Crippen LogP contribution in [0.5, 0.6) is 0 Å². The van der Waals surface area contributed by atoms with Gasteiger partial charge in [-0.25, -0.2) is 0 Å². The second kappa shape index (κ2) is 10.1. The van der Waals surface area contributed by atoms with Crippen LogP contribution in [0.4, 0.5) is 5.69 Å². The van der Waals surface area contributed by atoms with E-state index in [4.69, 9.17) is 0 Å². The Balaban J connectivity index is 2.02. The van der Waals surface area contributed by atoms with Crippen LogP contribution in [-0.2, 0) is 0 Å². The number of aldehydes is 1. The maximum Gasteiger partial charge on any atom is 0.160 e. The van der Waals surface area contributed by atoms with Gasteiger partial charge in [-0.15, -0.1) is 11.3 Å². The molecule has 0 aliphatic rings. The molecular weight excluding hydrogens is 314 g/mol. The number of nitrogens with zero attached hydrogens (tertiary/aromatic N) is 1. The molecule has 0 bridgehead atoms. The fraction of sp³-hybridized carbons (Fsp3) is 0.381. The molecule has 0 aliphatic heterocycles. The number of rotatable bonds is 10. The van der Waals surface area contributed by atoms with Crippen molar-refractivity contribution in [1.29, 1.82) is 0 Å². The molecule has 2 rings (SSSR count). The fourth-order valence-electron chi connectivity index (χ4n) is 2.56. The van der Waals surface area contributed by atoms with E-state index in [2.05, 4.69) is 55.2 Å². The first-order chi connectivity index (χ1) is 11.8. The van der Waals surface area contributed by atoms with Crippen LogP contribution in [0.2, 0.25) is 0 Å². The summed E-state index contributed by atoms with van der Waals surface area (Å²) in [4.78, 5) is 15.1. The van der Waals surface area contributed by atoms with Crippen molar-refractivity contribution >= 4 is 35.5 Å². The minimum Gasteiger partial charge on any atom is -0.372 e. The average molecular weight is 342 g/mol. The Morgan fingerprint density at radius 2 is 1.50 bits per heavy atom. The highest BCUT2D eigenvalue weighted by Gasteiger charge is 2.05. The Kier molecular flexibility index (Phi) is 7.76. The SMILES string of the molecule is CCCCN(CCCC)c1ccc(/C=C/c2ccc(C=O)s2)cc1. The summed E-state index contributed by atoms with van der Waals surface area (Å²) < 4.78 is 0. The fourth-order valence-corrected chi connectivity index (χ4v) is 3.29. The van der Waals surface area contributed by atoms with Crippen LogP contribution >= 0.6 is 11.3 Å². The van der Waals surface area contributed by atoms with Gasteiger partial charge in [0.15, 0.2) is 6.29 Å². The molecule has 2 nitrogen and oxygen atoms in total. The number of hydrogen-bond donors (Lipinski definition) is 0. The molecule has 0 saturated heterocycles. The smallest absolute Gasteiger partial charge is 0.160 e. The van der Waals surface area contributed by atoms with Gasteiger partial charge in [-0.2, -0.15) is 0 Å². The third kappa shape index (κ3) is 5.64. The Morgan fingerprint density at radius 3 is 2.04 bits per heavy atom. The van der Waals surface area contributed by atoms with Crippen molar-refractivity contribution in [3.05, 3.63) is 51.7 Å². The molecule has 0 saturated carbocycles. The zero-order valence-corrected chi connectivity index (χ0v) is 15.5. The number of thiophene rings is 1. The van der Waals surface area contributed by atoms with Crippen LogP contribution in [0.15, 0.2) is 36.4 Å². The van der Waals surface area contributed by atoms with E-state index in [0.29, 0.717) is 0 Å². The summed E-state index contributed by atoms with van der Waals surface area (Å²) in [7, 11) is 0. The molecule has 1 aromatic carbocycles. The van der Waals surface area contributed by atoms with Crippen LogP contribution < -0.4 is 4.90 Å². The van der Waals surface area contributed by atoms with Crippen molar-refractivity contribution < 1.29 is 4.79 Å². The second-order valence-electron chi connectivity index (χ2n) is 5.98. The van der Waals surface area contributed by atoms with Crippen LogP contribution in [0, 0.1) is 0 Å². The van der Waals surface area contributed by atoms with Crippen LogP contribution in [0.3, 0.4) is 0 Å². The molecule has 128 valence electrons. The molecular formula is C21H27NOS. The number of hydrogen-bond acceptors (Lipinski definition) is 3. The van der Waals surface area contributed by atoms with E-state index >= 15 is 0 Å². The van der Waals surface area contributed by atoms with E-state index in [1.54, 1.807) is 0 Å². The normalized spacial score (nSPS) is 11.1. The molecule has 0 fully saturated rings. The Hall–Kier alpha value is -1.87. The lowest BCUT2D eigenvalue weighted by Crippen LogP contribution is -2.25. The van der Waals surface area contributed by atoms with E-state index in [0.717, 1.165) is 29.1 Å². The highest BCUT2D eigenvalue weighted by atomic mass is 32.1. The molecule has 1 heterocycles. The van der Waals surface area contributed by atoms with Crippen molar-refractivity contribution in [2.24, 2.45) is 0 Å². The number of anilines is 1. The molecule has 3 heteroatoms. The molecule has 0 unspecified atom stereocenters. The van der Waals surface area contributed by atoms with Gasteiger partial charge in [-0.3, -0.25) is 4.79 Å². The van der Waals surface area contributed by atoms with E-state index in [1.807, 2.05) is 12.1 Å². The molecule has 0 atom stereocenters.